The minimum Gasteiger partial charge on any atom is -0.396 e. The molecule has 2 nitrogen and oxygen atoms in total. The lowest BCUT2D eigenvalue weighted by molar-refractivity contribution is 0.151. The molecule has 4 heteroatoms. The molecule has 1 rings (SSSR count). The standard InChI is InChI=1S/C14H21F2NO/c1-10(2)13(6-7-18)17-9-11-4-3-5-12(8-11)14(15)16/h3-5,8,10,13-14,17-18H,6-7,9H2,1-2H3. The summed E-state index contributed by atoms with van der Waals surface area (Å²) in [6.07, 6.45) is -1.75. The summed E-state index contributed by atoms with van der Waals surface area (Å²) in [4.78, 5) is 0. The van der Waals surface area contributed by atoms with Crippen molar-refractivity contribution in [3.63, 3.8) is 0 Å². The van der Waals surface area contributed by atoms with E-state index in [0.717, 1.165) is 5.56 Å². The van der Waals surface area contributed by atoms with E-state index in [1.165, 1.54) is 12.1 Å². The molecular formula is C14H21F2NO. The first-order valence-corrected chi connectivity index (χ1v) is 6.25. The minimum atomic E-state index is -2.43. The normalized spacial score (nSPS) is 13.3. The van der Waals surface area contributed by atoms with Crippen LogP contribution in [-0.2, 0) is 6.54 Å². The highest BCUT2D eigenvalue weighted by Gasteiger charge is 2.12. The maximum absolute atomic E-state index is 12.5. The van der Waals surface area contributed by atoms with Gasteiger partial charge in [-0.25, -0.2) is 8.78 Å². The summed E-state index contributed by atoms with van der Waals surface area (Å²) >= 11 is 0. The largest absolute Gasteiger partial charge is 0.396 e. The van der Waals surface area contributed by atoms with Crippen LogP contribution in [0.1, 0.15) is 37.8 Å². The molecule has 1 aromatic carbocycles. The summed E-state index contributed by atoms with van der Waals surface area (Å²) in [7, 11) is 0. The van der Waals surface area contributed by atoms with Crippen molar-refractivity contribution in [2.75, 3.05) is 6.61 Å². The topological polar surface area (TPSA) is 32.3 Å². The lowest BCUT2D eigenvalue weighted by atomic mass is 10.0. The molecule has 102 valence electrons. The summed E-state index contributed by atoms with van der Waals surface area (Å²) in [5.74, 6) is 0.399. The zero-order valence-corrected chi connectivity index (χ0v) is 10.9. The fourth-order valence-electron chi connectivity index (χ4n) is 1.90. The van der Waals surface area contributed by atoms with E-state index in [2.05, 4.69) is 19.2 Å². The maximum atomic E-state index is 12.5. The lowest BCUT2D eigenvalue weighted by Crippen LogP contribution is -2.34. The van der Waals surface area contributed by atoms with Crippen molar-refractivity contribution in [3.8, 4) is 0 Å². The van der Waals surface area contributed by atoms with Gasteiger partial charge in [0, 0.05) is 24.8 Å². The molecule has 0 saturated heterocycles. The van der Waals surface area contributed by atoms with E-state index in [1.54, 1.807) is 6.07 Å². The molecule has 1 aromatic rings. The van der Waals surface area contributed by atoms with Gasteiger partial charge in [-0.3, -0.25) is 0 Å². The molecule has 0 aliphatic rings. The van der Waals surface area contributed by atoms with Gasteiger partial charge in [0.1, 0.15) is 0 Å². The first-order valence-electron chi connectivity index (χ1n) is 6.25. The van der Waals surface area contributed by atoms with E-state index >= 15 is 0 Å². The van der Waals surface area contributed by atoms with Gasteiger partial charge in [-0.1, -0.05) is 32.0 Å². The Morgan fingerprint density at radius 2 is 2.00 bits per heavy atom. The number of nitrogens with one attached hydrogen (secondary N) is 1. The van der Waals surface area contributed by atoms with Gasteiger partial charge in [0.25, 0.3) is 6.43 Å². The second-order valence-electron chi connectivity index (χ2n) is 4.79. The molecule has 1 unspecified atom stereocenters. The predicted octanol–water partition coefficient (Wildman–Crippen LogP) is 3.12. The van der Waals surface area contributed by atoms with E-state index in [-0.39, 0.29) is 18.2 Å². The Labute approximate surface area is 107 Å². The van der Waals surface area contributed by atoms with Gasteiger partial charge in [0.15, 0.2) is 0 Å². The molecular weight excluding hydrogens is 236 g/mol. The molecule has 2 N–H and O–H groups in total. The predicted molar refractivity (Wildman–Crippen MR) is 68.6 cm³/mol. The van der Waals surface area contributed by atoms with Gasteiger partial charge in [0.05, 0.1) is 0 Å². The molecule has 0 spiro atoms. The third kappa shape index (κ3) is 4.70. The molecule has 0 heterocycles. The van der Waals surface area contributed by atoms with Crippen LogP contribution < -0.4 is 5.32 Å². The van der Waals surface area contributed by atoms with Gasteiger partial charge >= 0.3 is 0 Å². The summed E-state index contributed by atoms with van der Waals surface area (Å²) in [5.41, 5.74) is 0.897. The van der Waals surface area contributed by atoms with E-state index in [0.29, 0.717) is 18.9 Å². The van der Waals surface area contributed by atoms with Crippen molar-refractivity contribution in [2.24, 2.45) is 5.92 Å². The first-order chi connectivity index (χ1) is 8.54. The summed E-state index contributed by atoms with van der Waals surface area (Å²) in [5, 5.41) is 12.3. The second-order valence-corrected chi connectivity index (χ2v) is 4.79. The van der Waals surface area contributed by atoms with Crippen molar-refractivity contribution in [3.05, 3.63) is 35.4 Å². The Bertz CT molecular complexity index is 355. The number of aliphatic hydroxyl groups excluding tert-OH is 1. The molecule has 0 aromatic heterocycles. The van der Waals surface area contributed by atoms with Crippen LogP contribution in [0.25, 0.3) is 0 Å². The molecule has 0 bridgehead atoms. The number of benzene rings is 1. The van der Waals surface area contributed by atoms with Gasteiger partial charge in [-0.05, 0) is 24.0 Å². The van der Waals surface area contributed by atoms with Crippen molar-refractivity contribution >= 4 is 0 Å². The van der Waals surface area contributed by atoms with Crippen LogP contribution in [0.3, 0.4) is 0 Å². The van der Waals surface area contributed by atoms with Crippen LogP contribution in [0.4, 0.5) is 8.78 Å². The smallest absolute Gasteiger partial charge is 0.263 e. The molecule has 0 amide bonds. The Hall–Kier alpha value is -1.00. The highest BCUT2D eigenvalue weighted by Crippen LogP contribution is 2.19. The van der Waals surface area contributed by atoms with Gasteiger partial charge in [-0.2, -0.15) is 0 Å². The van der Waals surface area contributed by atoms with Crippen molar-refractivity contribution in [1.82, 2.24) is 5.32 Å². The zero-order valence-electron chi connectivity index (χ0n) is 10.9. The molecule has 0 aliphatic carbocycles. The Kier molecular flexibility index (Phi) is 6.22. The minimum absolute atomic E-state index is 0.0533. The molecule has 18 heavy (non-hydrogen) atoms. The molecule has 0 saturated carbocycles. The quantitative estimate of drug-likeness (QED) is 0.786. The SMILES string of the molecule is CC(C)C(CCO)NCc1cccc(C(F)F)c1. The lowest BCUT2D eigenvalue weighted by Gasteiger charge is -2.21. The highest BCUT2D eigenvalue weighted by molar-refractivity contribution is 5.24. The van der Waals surface area contributed by atoms with E-state index in [1.807, 2.05) is 6.07 Å². The highest BCUT2D eigenvalue weighted by atomic mass is 19.3. The van der Waals surface area contributed by atoms with Gasteiger partial charge < -0.3 is 10.4 Å². The zero-order chi connectivity index (χ0) is 13.5. The number of halogens is 2. The Morgan fingerprint density at radius 3 is 2.56 bits per heavy atom. The van der Waals surface area contributed by atoms with Crippen LogP contribution in [-0.4, -0.2) is 17.8 Å². The Balaban J connectivity index is 2.58. The average Bonchev–Trinajstić information content (AvgIpc) is 2.34. The number of hydrogen-bond donors (Lipinski definition) is 2. The monoisotopic (exact) mass is 257 g/mol. The molecule has 0 fully saturated rings. The van der Waals surface area contributed by atoms with Crippen LogP contribution in [0, 0.1) is 5.92 Å². The van der Waals surface area contributed by atoms with Crippen molar-refractivity contribution < 1.29 is 13.9 Å². The fraction of sp³-hybridized carbons (Fsp3) is 0.571. The first kappa shape index (κ1) is 15.1. The number of alkyl halides is 2. The van der Waals surface area contributed by atoms with Crippen LogP contribution in [0.2, 0.25) is 0 Å². The molecule has 0 aliphatic heterocycles. The Morgan fingerprint density at radius 1 is 1.28 bits per heavy atom. The third-order valence-corrected chi connectivity index (χ3v) is 3.02. The van der Waals surface area contributed by atoms with Crippen LogP contribution >= 0.6 is 0 Å². The van der Waals surface area contributed by atoms with Gasteiger partial charge in [0.2, 0.25) is 0 Å². The summed E-state index contributed by atoms with van der Waals surface area (Å²) in [6.45, 7) is 4.82. The summed E-state index contributed by atoms with van der Waals surface area (Å²) < 4.78 is 25.1. The summed E-state index contributed by atoms with van der Waals surface area (Å²) in [6, 6.07) is 6.63. The van der Waals surface area contributed by atoms with Gasteiger partial charge in [-0.15, -0.1) is 0 Å². The van der Waals surface area contributed by atoms with E-state index in [9.17, 15) is 8.78 Å². The average molecular weight is 257 g/mol. The number of aliphatic hydroxyl groups is 1. The number of rotatable bonds is 7. The van der Waals surface area contributed by atoms with E-state index < -0.39 is 6.43 Å². The van der Waals surface area contributed by atoms with E-state index in [4.69, 9.17) is 5.11 Å². The molecule has 1 atom stereocenters. The van der Waals surface area contributed by atoms with Crippen molar-refractivity contribution in [1.29, 1.82) is 0 Å². The fourth-order valence-corrected chi connectivity index (χ4v) is 1.90. The molecule has 0 radical (unpaired) electrons. The van der Waals surface area contributed by atoms with Crippen molar-refractivity contribution in [2.45, 2.75) is 39.3 Å². The van der Waals surface area contributed by atoms with Crippen LogP contribution in [0.15, 0.2) is 24.3 Å². The number of hydrogen-bond acceptors (Lipinski definition) is 2. The van der Waals surface area contributed by atoms with Crippen LogP contribution in [0.5, 0.6) is 0 Å². The third-order valence-electron chi connectivity index (χ3n) is 3.02. The maximum Gasteiger partial charge on any atom is 0.263 e. The second kappa shape index (κ2) is 7.44.